The molecule has 0 aromatic carbocycles. The maximum atomic E-state index is 6.04. The first-order valence-electron chi connectivity index (χ1n) is 5.62. The van der Waals surface area contributed by atoms with Gasteiger partial charge in [-0.1, -0.05) is 23.6 Å². The molecular weight excluding hydrogens is 305 g/mol. The van der Waals surface area contributed by atoms with Gasteiger partial charge < -0.3 is 12.6 Å². The summed E-state index contributed by atoms with van der Waals surface area (Å²) in [6, 6.07) is 2.26. The van der Waals surface area contributed by atoms with Gasteiger partial charge in [-0.2, -0.15) is 9.99 Å². The summed E-state index contributed by atoms with van der Waals surface area (Å²) < 4.78 is 1.96. The molecule has 19 heavy (non-hydrogen) atoms. The Morgan fingerprint density at radius 1 is 1.37 bits per heavy atom. The van der Waals surface area contributed by atoms with E-state index in [1.165, 1.54) is 12.8 Å². The van der Waals surface area contributed by atoms with Crippen molar-refractivity contribution in [3.8, 4) is 11.8 Å². The van der Waals surface area contributed by atoms with Gasteiger partial charge in [0.05, 0.1) is 22.8 Å². The second kappa shape index (κ2) is 6.68. The second-order valence-corrected chi connectivity index (χ2v) is 4.98. The average molecular weight is 314 g/mol. The fraction of sp³-hybridized carbons (Fsp3) is 0.231. The Hall–Kier alpha value is 0.0664. The van der Waals surface area contributed by atoms with Crippen LogP contribution in [0.1, 0.15) is 30.1 Å². The van der Waals surface area contributed by atoms with Gasteiger partial charge in [0.1, 0.15) is 5.69 Å². The summed E-state index contributed by atoms with van der Waals surface area (Å²) >= 11 is 11.1. The van der Waals surface area contributed by atoms with Gasteiger partial charge in [-0.05, 0) is 18.8 Å². The van der Waals surface area contributed by atoms with Gasteiger partial charge in [-0.15, -0.1) is 0 Å². The molecule has 0 bridgehead atoms. The summed E-state index contributed by atoms with van der Waals surface area (Å²) in [5.74, 6) is 5.94. The van der Waals surface area contributed by atoms with E-state index in [0.29, 0.717) is 21.7 Å². The molecule has 2 heterocycles. The molecule has 2 aromatic rings. The molecule has 0 aliphatic heterocycles. The van der Waals surface area contributed by atoms with E-state index in [4.69, 9.17) is 24.2 Å². The molecule has 0 N–H and O–H groups in total. The van der Waals surface area contributed by atoms with Crippen LogP contribution in [0.15, 0.2) is 29.6 Å². The average Bonchev–Trinajstić information content (AvgIpc) is 3.11. The van der Waals surface area contributed by atoms with Crippen molar-refractivity contribution in [2.75, 3.05) is 0 Å². The molecule has 0 amide bonds. The van der Waals surface area contributed by atoms with E-state index < -0.39 is 0 Å². The summed E-state index contributed by atoms with van der Waals surface area (Å²) in [6.07, 6.45) is 7.75. The van der Waals surface area contributed by atoms with E-state index in [-0.39, 0.29) is 51.4 Å². The Balaban J connectivity index is 0.00000133. The summed E-state index contributed by atoms with van der Waals surface area (Å²) in [4.78, 5) is 4.68. The Morgan fingerprint density at radius 2 is 2.16 bits per heavy atom. The number of hydrogen-bond donors (Lipinski definition) is 0. The van der Waals surface area contributed by atoms with E-state index in [1.54, 1.807) is 18.5 Å². The molecule has 0 spiro atoms. The van der Waals surface area contributed by atoms with Crippen LogP contribution in [-0.4, -0.2) is 14.8 Å². The van der Waals surface area contributed by atoms with Gasteiger partial charge in [0.15, 0.2) is 0 Å². The monoisotopic (exact) mass is 313 g/mol. The third-order valence-electron chi connectivity index (χ3n) is 2.70. The number of nitrogens with zero attached hydrogens (tertiary/aromatic N) is 3. The van der Waals surface area contributed by atoms with E-state index in [1.807, 2.05) is 10.9 Å². The van der Waals surface area contributed by atoms with Crippen molar-refractivity contribution in [1.82, 2.24) is 14.8 Å². The number of pyridine rings is 1. The van der Waals surface area contributed by atoms with Crippen LogP contribution in [0.25, 0.3) is 0 Å². The molecule has 3 rings (SSSR count). The van der Waals surface area contributed by atoms with Crippen molar-refractivity contribution < 1.29 is 51.4 Å². The minimum absolute atomic E-state index is 0. The summed E-state index contributed by atoms with van der Waals surface area (Å²) in [5.41, 5.74) is 1.39. The zero-order chi connectivity index (χ0) is 12.5. The predicted molar refractivity (Wildman–Crippen MR) is 71.4 cm³/mol. The molecular formula is C13H9ClKN3S. The van der Waals surface area contributed by atoms with Crippen molar-refractivity contribution >= 4 is 24.2 Å². The number of hydrogen-bond acceptors (Lipinski definition) is 3. The molecule has 0 saturated heterocycles. The van der Waals surface area contributed by atoms with Gasteiger partial charge in [0.2, 0.25) is 0 Å². The molecule has 0 atom stereocenters. The van der Waals surface area contributed by atoms with Crippen LogP contribution >= 0.6 is 11.6 Å². The van der Waals surface area contributed by atoms with Crippen molar-refractivity contribution in [3.05, 3.63) is 40.9 Å². The third-order valence-corrected chi connectivity index (χ3v) is 3.54. The van der Waals surface area contributed by atoms with Gasteiger partial charge in [0.25, 0.3) is 0 Å². The summed E-state index contributed by atoms with van der Waals surface area (Å²) in [5, 5.41) is 4.71. The summed E-state index contributed by atoms with van der Waals surface area (Å²) in [7, 11) is 0. The van der Waals surface area contributed by atoms with E-state index in [0.717, 1.165) is 5.56 Å². The maximum Gasteiger partial charge on any atom is 1.00 e. The molecule has 0 radical (unpaired) electrons. The van der Waals surface area contributed by atoms with Crippen molar-refractivity contribution in [2.45, 2.75) is 23.8 Å². The van der Waals surface area contributed by atoms with Crippen LogP contribution in [0.4, 0.5) is 0 Å². The Labute approximate surface area is 165 Å². The minimum Gasteiger partial charge on any atom is -0.778 e. The van der Waals surface area contributed by atoms with Crippen LogP contribution in [0.2, 0.25) is 5.02 Å². The van der Waals surface area contributed by atoms with Crippen LogP contribution in [0.3, 0.4) is 0 Å². The van der Waals surface area contributed by atoms with E-state index in [9.17, 15) is 0 Å². The van der Waals surface area contributed by atoms with Crippen molar-refractivity contribution in [3.63, 3.8) is 0 Å². The molecule has 0 unspecified atom stereocenters. The minimum atomic E-state index is 0. The number of halogens is 1. The van der Waals surface area contributed by atoms with Crippen LogP contribution in [-0.2, 0) is 12.6 Å². The van der Waals surface area contributed by atoms with Gasteiger partial charge >= 0.3 is 51.4 Å². The molecule has 3 nitrogen and oxygen atoms in total. The zero-order valence-electron chi connectivity index (χ0n) is 10.4. The third kappa shape index (κ3) is 3.79. The molecule has 1 aliphatic rings. The van der Waals surface area contributed by atoms with Crippen LogP contribution < -0.4 is 51.4 Å². The fourth-order valence-corrected chi connectivity index (χ4v) is 1.90. The first-order valence-corrected chi connectivity index (χ1v) is 6.40. The van der Waals surface area contributed by atoms with Crippen LogP contribution in [0.5, 0.6) is 0 Å². The van der Waals surface area contributed by atoms with Gasteiger partial charge in [-0.3, -0.25) is 4.68 Å². The quantitative estimate of drug-likeness (QED) is 0.407. The molecule has 1 saturated carbocycles. The Bertz CT molecular complexity index is 655. The maximum absolute atomic E-state index is 6.04. The Kier molecular flexibility index (Phi) is 5.43. The largest absolute Gasteiger partial charge is 1.00 e. The van der Waals surface area contributed by atoms with Crippen molar-refractivity contribution in [1.29, 1.82) is 0 Å². The number of aromatic nitrogens is 3. The fourth-order valence-electron chi connectivity index (χ4n) is 1.59. The molecule has 6 heteroatoms. The summed E-state index contributed by atoms with van der Waals surface area (Å²) in [6.45, 7) is 0. The van der Waals surface area contributed by atoms with Crippen molar-refractivity contribution in [2.24, 2.45) is 0 Å². The standard InChI is InChI=1S/C13H10ClN3S.K/c14-13-11(15-6-5-12(13)18)4-1-9-7-16-17(8-9)10-2-3-10;/h5-8,10H,2-3H2,(H,15,18);/q;+1/p-1. The second-order valence-electron chi connectivity index (χ2n) is 4.16. The number of rotatable bonds is 1. The van der Waals surface area contributed by atoms with Gasteiger partial charge in [-0.25, -0.2) is 4.98 Å². The Morgan fingerprint density at radius 3 is 2.89 bits per heavy atom. The first kappa shape index (κ1) is 15.5. The molecule has 90 valence electrons. The smallest absolute Gasteiger partial charge is 0.778 e. The molecule has 2 aromatic heterocycles. The zero-order valence-corrected chi connectivity index (χ0v) is 15.1. The first-order chi connectivity index (χ1) is 8.74. The topological polar surface area (TPSA) is 30.7 Å². The normalized spacial score (nSPS) is 13.3. The van der Waals surface area contributed by atoms with Gasteiger partial charge in [0, 0.05) is 12.4 Å². The molecule has 1 aliphatic carbocycles. The van der Waals surface area contributed by atoms with E-state index >= 15 is 0 Å². The SMILES string of the molecule is [K+].[S-]c1ccnc(C#Cc2cnn(C3CC3)c2)c1Cl. The predicted octanol–water partition coefficient (Wildman–Crippen LogP) is -0.424. The van der Waals surface area contributed by atoms with E-state index in [2.05, 4.69) is 21.9 Å². The van der Waals surface area contributed by atoms with Crippen LogP contribution in [0, 0.1) is 11.8 Å². The molecule has 1 fully saturated rings.